The van der Waals surface area contributed by atoms with Gasteiger partial charge in [-0.05, 0) is 36.8 Å². The summed E-state index contributed by atoms with van der Waals surface area (Å²) >= 11 is 3.39. The van der Waals surface area contributed by atoms with E-state index in [0.29, 0.717) is 22.6 Å². The molecule has 2 heterocycles. The van der Waals surface area contributed by atoms with E-state index in [1.54, 1.807) is 50.4 Å². The molecule has 4 rings (SSSR count). The van der Waals surface area contributed by atoms with E-state index < -0.39 is 17.5 Å². The van der Waals surface area contributed by atoms with Crippen molar-refractivity contribution in [1.82, 2.24) is 20.4 Å². The Labute approximate surface area is 186 Å². The van der Waals surface area contributed by atoms with Crippen molar-refractivity contribution < 1.29 is 23.6 Å². The summed E-state index contributed by atoms with van der Waals surface area (Å²) in [5.41, 5.74) is 0.0644. The zero-order valence-corrected chi connectivity index (χ0v) is 18.6. The van der Waals surface area contributed by atoms with Gasteiger partial charge in [0.2, 0.25) is 11.7 Å². The average molecular weight is 487 g/mol. The molecule has 1 atom stereocenters. The van der Waals surface area contributed by atoms with Crippen LogP contribution in [0.3, 0.4) is 0 Å². The predicted octanol–water partition coefficient (Wildman–Crippen LogP) is 3.48. The first kappa shape index (κ1) is 20.9. The fourth-order valence-corrected chi connectivity index (χ4v) is 3.78. The highest BCUT2D eigenvalue weighted by molar-refractivity contribution is 9.10. The highest BCUT2D eigenvalue weighted by atomic mass is 79.9. The molecule has 1 N–H and O–H groups in total. The molecule has 2 aromatic carbocycles. The topological polar surface area (TPSA) is 107 Å². The van der Waals surface area contributed by atoms with Crippen LogP contribution in [0.25, 0.3) is 11.4 Å². The summed E-state index contributed by atoms with van der Waals surface area (Å²) < 4.78 is 16.7. The molecule has 0 spiro atoms. The number of halogens is 1. The lowest BCUT2D eigenvalue weighted by atomic mass is 9.92. The maximum atomic E-state index is 13.1. The first-order valence-electron chi connectivity index (χ1n) is 9.31. The molecule has 3 aromatic rings. The molecule has 9 nitrogen and oxygen atoms in total. The van der Waals surface area contributed by atoms with Crippen LogP contribution in [-0.4, -0.2) is 41.2 Å². The number of nitrogens with one attached hydrogen (secondary N) is 1. The molecule has 3 amide bonds. The largest absolute Gasteiger partial charge is 0.497 e. The van der Waals surface area contributed by atoms with E-state index in [2.05, 4.69) is 31.4 Å². The number of rotatable bonds is 6. The van der Waals surface area contributed by atoms with E-state index in [4.69, 9.17) is 14.0 Å². The molecule has 0 unspecified atom stereocenters. The number of urea groups is 1. The first-order chi connectivity index (χ1) is 14.9. The molecule has 1 aromatic heterocycles. The molecule has 10 heteroatoms. The molecule has 1 aliphatic rings. The van der Waals surface area contributed by atoms with E-state index in [1.807, 2.05) is 6.07 Å². The monoisotopic (exact) mass is 486 g/mol. The van der Waals surface area contributed by atoms with Crippen molar-refractivity contribution in [2.45, 2.75) is 19.0 Å². The summed E-state index contributed by atoms with van der Waals surface area (Å²) in [7, 11) is 3.08. The van der Waals surface area contributed by atoms with Crippen molar-refractivity contribution in [3.05, 3.63) is 58.4 Å². The van der Waals surface area contributed by atoms with Crippen molar-refractivity contribution in [3.8, 4) is 22.9 Å². The molecule has 1 saturated heterocycles. The molecule has 0 saturated carbocycles. The van der Waals surface area contributed by atoms with Gasteiger partial charge in [0.1, 0.15) is 23.6 Å². The second-order valence-electron chi connectivity index (χ2n) is 7.03. The number of hydrogen-bond acceptors (Lipinski definition) is 7. The summed E-state index contributed by atoms with van der Waals surface area (Å²) in [4.78, 5) is 31.1. The van der Waals surface area contributed by atoms with Gasteiger partial charge in [-0.3, -0.25) is 9.69 Å². The maximum absolute atomic E-state index is 13.1. The normalized spacial score (nSPS) is 18.3. The molecule has 0 bridgehead atoms. The van der Waals surface area contributed by atoms with Crippen molar-refractivity contribution in [1.29, 1.82) is 0 Å². The smallest absolute Gasteiger partial charge is 0.325 e. The van der Waals surface area contributed by atoms with E-state index in [0.717, 1.165) is 9.37 Å². The number of carbonyl (C=O) groups excluding carboxylic acids is 2. The first-order valence-corrected chi connectivity index (χ1v) is 10.1. The SMILES string of the molecule is COc1ccc(-c2noc(CN3C(=O)N[C@@](C)(c4cccc(Br)c4)C3=O)n2)c(OC)c1. The van der Waals surface area contributed by atoms with Crippen LogP contribution < -0.4 is 14.8 Å². The number of nitrogens with zero attached hydrogens (tertiary/aromatic N) is 3. The number of methoxy groups -OCH3 is 2. The van der Waals surface area contributed by atoms with Gasteiger partial charge in [0.25, 0.3) is 5.91 Å². The molecule has 31 heavy (non-hydrogen) atoms. The molecule has 0 radical (unpaired) electrons. The number of amides is 3. The molecule has 1 fully saturated rings. The minimum absolute atomic E-state index is 0.120. The number of benzene rings is 2. The second-order valence-corrected chi connectivity index (χ2v) is 7.95. The minimum Gasteiger partial charge on any atom is -0.497 e. The van der Waals surface area contributed by atoms with Crippen molar-refractivity contribution in [2.75, 3.05) is 14.2 Å². The zero-order chi connectivity index (χ0) is 22.2. The summed E-state index contributed by atoms with van der Waals surface area (Å²) in [6, 6.07) is 11.9. The van der Waals surface area contributed by atoms with Gasteiger partial charge in [0.05, 0.1) is 19.8 Å². The molecule has 0 aliphatic carbocycles. The third-order valence-electron chi connectivity index (χ3n) is 5.09. The van der Waals surface area contributed by atoms with Gasteiger partial charge in [-0.25, -0.2) is 4.79 Å². The maximum Gasteiger partial charge on any atom is 0.325 e. The Morgan fingerprint density at radius 2 is 1.97 bits per heavy atom. The minimum atomic E-state index is -1.19. The van der Waals surface area contributed by atoms with E-state index in [9.17, 15) is 9.59 Å². The van der Waals surface area contributed by atoms with Crippen LogP contribution in [0.1, 0.15) is 18.4 Å². The molecule has 1 aliphatic heterocycles. The van der Waals surface area contributed by atoms with Gasteiger partial charge in [0.15, 0.2) is 0 Å². The Balaban J connectivity index is 1.58. The summed E-state index contributed by atoms with van der Waals surface area (Å²) in [6.07, 6.45) is 0. The van der Waals surface area contributed by atoms with Crippen molar-refractivity contribution in [3.63, 3.8) is 0 Å². The van der Waals surface area contributed by atoms with Gasteiger partial charge >= 0.3 is 6.03 Å². The van der Waals surface area contributed by atoms with Crippen LogP contribution in [0.4, 0.5) is 4.79 Å². The van der Waals surface area contributed by atoms with Crippen molar-refractivity contribution in [2.24, 2.45) is 0 Å². The van der Waals surface area contributed by atoms with Gasteiger partial charge in [-0.2, -0.15) is 4.98 Å². The lowest BCUT2D eigenvalue weighted by Crippen LogP contribution is -2.40. The summed E-state index contributed by atoms with van der Waals surface area (Å²) in [6.45, 7) is 1.51. The Morgan fingerprint density at radius 1 is 1.16 bits per heavy atom. The highest BCUT2D eigenvalue weighted by Gasteiger charge is 2.49. The van der Waals surface area contributed by atoms with Crippen LogP contribution in [0, 0.1) is 0 Å². The fraction of sp³-hybridized carbons (Fsp3) is 0.238. The number of aromatic nitrogens is 2. The number of hydrogen-bond donors (Lipinski definition) is 1. The third-order valence-corrected chi connectivity index (χ3v) is 5.58. The molecular weight excluding hydrogens is 468 g/mol. The van der Waals surface area contributed by atoms with E-state index >= 15 is 0 Å². The lowest BCUT2D eigenvalue weighted by Gasteiger charge is -2.22. The molecular formula is C21H19BrN4O5. The third kappa shape index (κ3) is 3.74. The number of ether oxygens (including phenoxy) is 2. The van der Waals surface area contributed by atoms with E-state index in [1.165, 1.54) is 7.11 Å². The Bertz CT molecular complexity index is 1160. The van der Waals surface area contributed by atoms with Crippen LogP contribution in [0.15, 0.2) is 51.5 Å². The zero-order valence-electron chi connectivity index (χ0n) is 17.0. The number of carbonyl (C=O) groups is 2. The predicted molar refractivity (Wildman–Crippen MR) is 113 cm³/mol. The lowest BCUT2D eigenvalue weighted by molar-refractivity contribution is -0.131. The fourth-order valence-electron chi connectivity index (χ4n) is 3.38. The van der Waals surface area contributed by atoms with Gasteiger partial charge in [-0.15, -0.1) is 0 Å². The van der Waals surface area contributed by atoms with Gasteiger partial charge < -0.3 is 19.3 Å². The van der Waals surface area contributed by atoms with Gasteiger partial charge in [0, 0.05) is 10.5 Å². The van der Waals surface area contributed by atoms with Crippen LogP contribution in [-0.2, 0) is 16.9 Å². The van der Waals surface area contributed by atoms with E-state index in [-0.39, 0.29) is 18.3 Å². The summed E-state index contributed by atoms with van der Waals surface area (Å²) in [5.74, 6) is 1.11. The molecule has 160 valence electrons. The highest BCUT2D eigenvalue weighted by Crippen LogP contribution is 2.33. The Hall–Kier alpha value is -3.40. The van der Waals surface area contributed by atoms with Gasteiger partial charge in [-0.1, -0.05) is 33.2 Å². The second kappa shape index (κ2) is 8.03. The van der Waals surface area contributed by atoms with Crippen LogP contribution >= 0.6 is 15.9 Å². The van der Waals surface area contributed by atoms with Crippen molar-refractivity contribution >= 4 is 27.9 Å². The number of imide groups is 1. The average Bonchev–Trinajstić information content (AvgIpc) is 3.32. The Morgan fingerprint density at radius 3 is 2.68 bits per heavy atom. The Kier molecular flexibility index (Phi) is 5.40. The summed E-state index contributed by atoms with van der Waals surface area (Å²) in [5, 5.41) is 6.72. The van der Waals surface area contributed by atoms with Crippen LogP contribution in [0.2, 0.25) is 0 Å². The standard InChI is InChI=1S/C21H19BrN4O5/c1-21(12-5-4-6-13(22)9-12)19(27)26(20(28)24-21)11-17-23-18(25-31-17)15-8-7-14(29-2)10-16(15)30-3/h4-10H,11H2,1-3H3,(H,24,28)/t21-/m0/s1. The van der Waals surface area contributed by atoms with Crippen LogP contribution in [0.5, 0.6) is 11.5 Å². The quantitative estimate of drug-likeness (QED) is 0.531.